The number of carboxylic acid groups (broad SMARTS) is 1. The minimum Gasteiger partial charge on any atom is -0.477 e. The first-order valence-electron chi connectivity index (χ1n) is 10.1. The lowest BCUT2D eigenvalue weighted by atomic mass is 9.91. The van der Waals surface area contributed by atoms with Crippen molar-refractivity contribution in [3.8, 4) is 0 Å². The van der Waals surface area contributed by atoms with Gasteiger partial charge < -0.3 is 15.3 Å². The van der Waals surface area contributed by atoms with Crippen LogP contribution in [0.25, 0.3) is 5.52 Å². The Morgan fingerprint density at radius 3 is 2.79 bits per heavy atom. The molecule has 3 fully saturated rings. The van der Waals surface area contributed by atoms with E-state index in [4.69, 9.17) is 0 Å². The predicted octanol–water partition coefficient (Wildman–Crippen LogP) is 2.51. The van der Waals surface area contributed by atoms with E-state index in [0.717, 1.165) is 50.0 Å². The van der Waals surface area contributed by atoms with Gasteiger partial charge in [-0.2, -0.15) is 0 Å². The molecule has 3 aliphatic rings. The van der Waals surface area contributed by atoms with E-state index in [1.807, 2.05) is 6.92 Å². The SMILES string of the molecule is Cc1c(N2CC[C@H]3CCN[C@H]3C2)c(F)cn2c(=O)c(C(=O)O)cc(C3CC3)c12. The molecule has 0 amide bonds. The first-order chi connectivity index (χ1) is 13.5. The van der Waals surface area contributed by atoms with Crippen LogP contribution in [0.5, 0.6) is 0 Å². The molecular formula is C21H24FN3O3. The summed E-state index contributed by atoms with van der Waals surface area (Å²) in [4.78, 5) is 26.3. The fraction of sp³-hybridized carbons (Fsp3) is 0.524. The number of nitrogens with zero attached hydrogens (tertiary/aromatic N) is 2. The van der Waals surface area contributed by atoms with Gasteiger partial charge in [0.1, 0.15) is 5.56 Å². The average Bonchev–Trinajstić information content (AvgIpc) is 3.39. The van der Waals surface area contributed by atoms with Crippen molar-refractivity contribution >= 4 is 17.2 Å². The summed E-state index contributed by atoms with van der Waals surface area (Å²) in [6.45, 7) is 4.43. The fourth-order valence-corrected chi connectivity index (χ4v) is 5.12. The van der Waals surface area contributed by atoms with Crippen LogP contribution >= 0.6 is 0 Å². The molecule has 0 aromatic carbocycles. The molecule has 2 aromatic rings. The monoisotopic (exact) mass is 385 g/mol. The summed E-state index contributed by atoms with van der Waals surface area (Å²) >= 11 is 0. The number of pyridine rings is 2. The zero-order valence-electron chi connectivity index (χ0n) is 15.9. The number of hydrogen-bond acceptors (Lipinski definition) is 4. The molecule has 0 spiro atoms. The number of aromatic carboxylic acids is 1. The molecule has 2 aliphatic heterocycles. The van der Waals surface area contributed by atoms with Crippen molar-refractivity contribution in [3.05, 3.63) is 45.1 Å². The van der Waals surface area contributed by atoms with Crippen LogP contribution in [0, 0.1) is 18.7 Å². The van der Waals surface area contributed by atoms with Gasteiger partial charge in [0.05, 0.1) is 17.4 Å². The Kier molecular flexibility index (Phi) is 3.98. The molecule has 5 rings (SSSR count). The molecule has 1 saturated carbocycles. The number of fused-ring (bicyclic) bond motifs is 2. The number of anilines is 1. The molecule has 0 radical (unpaired) electrons. The van der Waals surface area contributed by atoms with Crippen molar-refractivity contribution in [2.75, 3.05) is 24.5 Å². The Morgan fingerprint density at radius 2 is 2.07 bits per heavy atom. The molecule has 0 unspecified atom stereocenters. The van der Waals surface area contributed by atoms with Crippen molar-refractivity contribution in [2.24, 2.45) is 5.92 Å². The molecule has 28 heavy (non-hydrogen) atoms. The molecule has 2 atom stereocenters. The zero-order valence-corrected chi connectivity index (χ0v) is 15.9. The van der Waals surface area contributed by atoms with Crippen LogP contribution in [-0.4, -0.2) is 41.2 Å². The van der Waals surface area contributed by atoms with E-state index in [-0.39, 0.29) is 11.5 Å². The van der Waals surface area contributed by atoms with E-state index in [2.05, 4.69) is 10.2 Å². The largest absolute Gasteiger partial charge is 0.477 e. The highest BCUT2D eigenvalue weighted by Gasteiger charge is 2.35. The van der Waals surface area contributed by atoms with E-state index in [1.165, 1.54) is 23.1 Å². The van der Waals surface area contributed by atoms with Gasteiger partial charge in [-0.05, 0) is 68.2 Å². The smallest absolute Gasteiger partial charge is 0.341 e. The van der Waals surface area contributed by atoms with Gasteiger partial charge in [0.15, 0.2) is 5.82 Å². The molecule has 7 heteroatoms. The number of carbonyl (C=O) groups is 1. The van der Waals surface area contributed by atoms with Crippen molar-refractivity contribution in [1.29, 1.82) is 0 Å². The average molecular weight is 385 g/mol. The van der Waals surface area contributed by atoms with Crippen LogP contribution in [0.3, 0.4) is 0 Å². The van der Waals surface area contributed by atoms with Crippen molar-refractivity contribution < 1.29 is 14.3 Å². The highest BCUT2D eigenvalue weighted by atomic mass is 19.1. The summed E-state index contributed by atoms with van der Waals surface area (Å²) in [6, 6.07) is 1.89. The third-order valence-corrected chi connectivity index (χ3v) is 6.68. The molecule has 2 aromatic heterocycles. The molecule has 2 N–H and O–H groups in total. The van der Waals surface area contributed by atoms with Gasteiger partial charge in [-0.3, -0.25) is 9.20 Å². The second kappa shape index (κ2) is 6.30. The summed E-state index contributed by atoms with van der Waals surface area (Å²) in [5.41, 5.74) is 1.85. The van der Waals surface area contributed by atoms with Gasteiger partial charge in [-0.1, -0.05) is 0 Å². The van der Waals surface area contributed by atoms with E-state index in [1.54, 1.807) is 0 Å². The van der Waals surface area contributed by atoms with Crippen LogP contribution in [0.1, 0.15) is 53.1 Å². The number of carboxylic acids is 1. The number of halogens is 1. The van der Waals surface area contributed by atoms with Gasteiger partial charge in [0.25, 0.3) is 5.56 Å². The van der Waals surface area contributed by atoms with Crippen LogP contribution in [0.4, 0.5) is 10.1 Å². The quantitative estimate of drug-likeness (QED) is 0.849. The summed E-state index contributed by atoms with van der Waals surface area (Å²) in [7, 11) is 0. The normalized spacial score (nSPS) is 24.6. The van der Waals surface area contributed by atoms with Crippen molar-refractivity contribution in [1.82, 2.24) is 9.72 Å². The van der Waals surface area contributed by atoms with Crippen LogP contribution < -0.4 is 15.8 Å². The lowest BCUT2D eigenvalue weighted by Gasteiger charge is -2.37. The predicted molar refractivity (Wildman–Crippen MR) is 104 cm³/mol. The number of hydrogen-bond donors (Lipinski definition) is 2. The topological polar surface area (TPSA) is 74.0 Å². The van der Waals surface area contributed by atoms with Crippen LogP contribution in [0.2, 0.25) is 0 Å². The van der Waals surface area contributed by atoms with Crippen LogP contribution in [-0.2, 0) is 0 Å². The lowest BCUT2D eigenvalue weighted by Crippen LogP contribution is -2.47. The summed E-state index contributed by atoms with van der Waals surface area (Å²) in [5, 5.41) is 12.9. The Hall–Kier alpha value is -2.41. The number of aryl methyl sites for hydroxylation is 1. The Balaban J connectivity index is 1.69. The molecule has 0 bridgehead atoms. The van der Waals surface area contributed by atoms with E-state index < -0.39 is 17.3 Å². The third kappa shape index (κ3) is 2.64. The Morgan fingerprint density at radius 1 is 1.29 bits per heavy atom. The summed E-state index contributed by atoms with van der Waals surface area (Å²) in [5.74, 6) is -0.832. The van der Waals surface area contributed by atoms with Crippen molar-refractivity contribution in [3.63, 3.8) is 0 Å². The zero-order chi connectivity index (χ0) is 19.6. The minimum atomic E-state index is -1.27. The highest BCUT2D eigenvalue weighted by Crippen LogP contribution is 2.44. The Labute approximate surface area is 162 Å². The van der Waals surface area contributed by atoms with Gasteiger partial charge in [-0.15, -0.1) is 0 Å². The number of piperidine rings is 1. The maximum atomic E-state index is 15.2. The standard InChI is InChI=1S/C21H24FN3O3/c1-11-18-14(12-2-3-12)8-15(21(27)28)20(26)25(18)9-16(22)19(11)24-7-5-13-4-6-23-17(13)10-24/h8-9,12-13,17,23H,2-7,10H2,1H3,(H,27,28)/t13-,17+/m1/s1. The second-order valence-corrected chi connectivity index (χ2v) is 8.41. The molecule has 1 aliphatic carbocycles. The number of nitrogens with one attached hydrogen (secondary N) is 1. The number of aromatic nitrogens is 1. The van der Waals surface area contributed by atoms with E-state index in [0.29, 0.717) is 23.2 Å². The first kappa shape index (κ1) is 17.7. The molecular weight excluding hydrogens is 361 g/mol. The summed E-state index contributed by atoms with van der Waals surface area (Å²) < 4.78 is 16.4. The van der Waals surface area contributed by atoms with Gasteiger partial charge in [0.2, 0.25) is 0 Å². The van der Waals surface area contributed by atoms with Crippen molar-refractivity contribution in [2.45, 2.75) is 44.6 Å². The van der Waals surface area contributed by atoms with Gasteiger partial charge in [0, 0.05) is 19.1 Å². The molecule has 2 saturated heterocycles. The Bertz CT molecular complexity index is 1040. The third-order valence-electron chi connectivity index (χ3n) is 6.68. The van der Waals surface area contributed by atoms with E-state index >= 15 is 4.39 Å². The highest BCUT2D eigenvalue weighted by molar-refractivity contribution is 5.89. The molecule has 4 heterocycles. The number of rotatable bonds is 3. The van der Waals surface area contributed by atoms with Gasteiger partial charge >= 0.3 is 5.97 Å². The lowest BCUT2D eigenvalue weighted by molar-refractivity contribution is 0.0694. The summed E-state index contributed by atoms with van der Waals surface area (Å²) in [6.07, 6.45) is 5.33. The molecule has 148 valence electrons. The van der Waals surface area contributed by atoms with Crippen LogP contribution in [0.15, 0.2) is 17.1 Å². The fourth-order valence-electron chi connectivity index (χ4n) is 5.12. The first-order valence-corrected chi connectivity index (χ1v) is 10.1. The maximum Gasteiger partial charge on any atom is 0.341 e. The van der Waals surface area contributed by atoms with E-state index in [9.17, 15) is 14.7 Å². The second-order valence-electron chi connectivity index (χ2n) is 8.41. The molecule has 6 nitrogen and oxygen atoms in total. The van der Waals surface area contributed by atoms with Gasteiger partial charge in [-0.25, -0.2) is 9.18 Å². The maximum absolute atomic E-state index is 15.2. The minimum absolute atomic E-state index is 0.243.